The Bertz CT molecular complexity index is 747. The van der Waals surface area contributed by atoms with E-state index in [2.05, 4.69) is 10.3 Å². The average molecular weight is 390 g/mol. The average Bonchev–Trinajstić information content (AvgIpc) is 2.99. The summed E-state index contributed by atoms with van der Waals surface area (Å²) in [6, 6.07) is 8.33. The van der Waals surface area contributed by atoms with E-state index in [0.717, 1.165) is 60.9 Å². The van der Waals surface area contributed by atoms with Crippen LogP contribution in [0.2, 0.25) is 0 Å². The first-order chi connectivity index (χ1) is 13.0. The number of likely N-dealkylation sites (N-methyl/N-ethyl adjacent to an activating group) is 1. The molecule has 1 fully saturated rings. The zero-order valence-corrected chi connectivity index (χ0v) is 16.7. The number of rotatable bonds is 7. The SMILES string of the molecule is COc1ccc(-c2nc(CN3CCCC(N(C)CC(=O)O)CC3)cs2)cc1. The highest BCUT2D eigenvalue weighted by atomic mass is 32.1. The minimum atomic E-state index is -0.757. The molecule has 7 heteroatoms. The molecular formula is C20H27N3O3S. The fourth-order valence-corrected chi connectivity index (χ4v) is 4.37. The van der Waals surface area contributed by atoms with E-state index < -0.39 is 5.97 Å². The Morgan fingerprint density at radius 2 is 2.11 bits per heavy atom. The van der Waals surface area contributed by atoms with Crippen molar-refractivity contribution in [3.05, 3.63) is 35.3 Å². The number of methoxy groups -OCH3 is 1. The Labute approximate surface area is 164 Å². The molecule has 1 N–H and O–H groups in total. The molecule has 1 aliphatic rings. The van der Waals surface area contributed by atoms with E-state index >= 15 is 0 Å². The van der Waals surface area contributed by atoms with Crippen LogP contribution in [-0.2, 0) is 11.3 Å². The number of ether oxygens (including phenoxy) is 1. The molecule has 0 amide bonds. The quantitative estimate of drug-likeness (QED) is 0.785. The van der Waals surface area contributed by atoms with Crippen LogP contribution in [0.15, 0.2) is 29.6 Å². The molecule has 2 aromatic rings. The summed E-state index contributed by atoms with van der Waals surface area (Å²) < 4.78 is 5.21. The summed E-state index contributed by atoms with van der Waals surface area (Å²) >= 11 is 1.67. The van der Waals surface area contributed by atoms with Crippen molar-refractivity contribution in [2.24, 2.45) is 0 Å². The van der Waals surface area contributed by atoms with Crippen molar-refractivity contribution in [1.82, 2.24) is 14.8 Å². The van der Waals surface area contributed by atoms with Crippen LogP contribution in [0.3, 0.4) is 0 Å². The smallest absolute Gasteiger partial charge is 0.317 e. The number of likely N-dealkylation sites (tertiary alicyclic amines) is 1. The second kappa shape index (κ2) is 9.30. The molecule has 1 saturated heterocycles. The van der Waals surface area contributed by atoms with Gasteiger partial charge in [-0.1, -0.05) is 0 Å². The van der Waals surface area contributed by atoms with Crippen molar-refractivity contribution in [1.29, 1.82) is 0 Å². The van der Waals surface area contributed by atoms with Gasteiger partial charge in [0, 0.05) is 30.1 Å². The Morgan fingerprint density at radius 3 is 2.81 bits per heavy atom. The normalized spacial score (nSPS) is 18.4. The molecular weight excluding hydrogens is 362 g/mol. The van der Waals surface area contributed by atoms with Crippen LogP contribution < -0.4 is 4.74 Å². The summed E-state index contributed by atoms with van der Waals surface area (Å²) in [5.74, 6) is 0.0923. The van der Waals surface area contributed by atoms with Crippen LogP contribution in [-0.4, -0.2) is 65.7 Å². The Morgan fingerprint density at radius 1 is 1.33 bits per heavy atom. The predicted octanol–water partition coefficient (Wildman–Crippen LogP) is 3.19. The minimum absolute atomic E-state index is 0.113. The van der Waals surface area contributed by atoms with Crippen LogP contribution >= 0.6 is 11.3 Å². The summed E-state index contributed by atoms with van der Waals surface area (Å²) in [6.45, 7) is 2.97. The van der Waals surface area contributed by atoms with Gasteiger partial charge in [0.1, 0.15) is 10.8 Å². The molecule has 0 radical (unpaired) electrons. The van der Waals surface area contributed by atoms with E-state index in [1.54, 1.807) is 18.4 Å². The van der Waals surface area contributed by atoms with Crippen LogP contribution in [0.4, 0.5) is 0 Å². The summed E-state index contributed by atoms with van der Waals surface area (Å²) in [5, 5.41) is 12.2. The monoisotopic (exact) mass is 389 g/mol. The van der Waals surface area contributed by atoms with Crippen LogP contribution in [0.25, 0.3) is 10.6 Å². The molecule has 2 heterocycles. The number of thiazole rings is 1. The number of carbonyl (C=O) groups is 1. The molecule has 1 aromatic carbocycles. The second-order valence-electron chi connectivity index (χ2n) is 7.04. The molecule has 0 aliphatic carbocycles. The number of carboxylic acids is 1. The number of nitrogens with zero attached hydrogens (tertiary/aromatic N) is 3. The predicted molar refractivity (Wildman–Crippen MR) is 107 cm³/mol. The lowest BCUT2D eigenvalue weighted by Gasteiger charge is -2.25. The number of benzene rings is 1. The maximum absolute atomic E-state index is 10.9. The van der Waals surface area contributed by atoms with Crippen molar-refractivity contribution in [3.8, 4) is 16.3 Å². The summed E-state index contributed by atoms with van der Waals surface area (Å²) in [4.78, 5) is 20.1. The topological polar surface area (TPSA) is 65.9 Å². The van der Waals surface area contributed by atoms with Gasteiger partial charge in [-0.05, 0) is 57.1 Å². The molecule has 1 atom stereocenters. The molecule has 0 saturated carbocycles. The zero-order chi connectivity index (χ0) is 19.2. The number of carboxylic acid groups (broad SMARTS) is 1. The Hall–Kier alpha value is -1.96. The number of hydrogen-bond donors (Lipinski definition) is 1. The second-order valence-corrected chi connectivity index (χ2v) is 7.90. The molecule has 0 bridgehead atoms. The first-order valence-corrected chi connectivity index (χ1v) is 10.2. The van der Waals surface area contributed by atoms with Crippen molar-refractivity contribution < 1.29 is 14.6 Å². The summed E-state index contributed by atoms with van der Waals surface area (Å²) in [5.41, 5.74) is 2.21. The van der Waals surface area contributed by atoms with Crippen molar-refractivity contribution >= 4 is 17.3 Å². The van der Waals surface area contributed by atoms with E-state index in [0.29, 0.717) is 6.04 Å². The highest BCUT2D eigenvalue weighted by Gasteiger charge is 2.22. The van der Waals surface area contributed by atoms with E-state index in [1.807, 2.05) is 36.2 Å². The fraction of sp³-hybridized carbons (Fsp3) is 0.500. The van der Waals surface area contributed by atoms with Crippen LogP contribution in [0.5, 0.6) is 5.75 Å². The molecule has 146 valence electrons. The highest BCUT2D eigenvalue weighted by molar-refractivity contribution is 7.13. The van der Waals surface area contributed by atoms with Crippen LogP contribution in [0, 0.1) is 0 Å². The van der Waals surface area contributed by atoms with Crippen molar-refractivity contribution in [2.45, 2.75) is 31.8 Å². The third-order valence-electron chi connectivity index (χ3n) is 5.07. The van der Waals surface area contributed by atoms with Gasteiger partial charge in [-0.25, -0.2) is 4.98 Å². The highest BCUT2D eigenvalue weighted by Crippen LogP contribution is 2.26. The number of hydrogen-bond acceptors (Lipinski definition) is 6. The molecule has 1 aliphatic heterocycles. The van der Waals surface area contributed by atoms with Gasteiger partial charge in [0.15, 0.2) is 0 Å². The molecule has 0 spiro atoms. The van der Waals surface area contributed by atoms with Gasteiger partial charge in [0.2, 0.25) is 0 Å². The number of aliphatic carboxylic acids is 1. The van der Waals surface area contributed by atoms with Gasteiger partial charge in [-0.3, -0.25) is 14.6 Å². The lowest BCUT2D eigenvalue weighted by Crippen LogP contribution is -2.36. The van der Waals surface area contributed by atoms with E-state index in [-0.39, 0.29) is 6.54 Å². The lowest BCUT2D eigenvalue weighted by molar-refractivity contribution is -0.138. The molecule has 1 aromatic heterocycles. The molecule has 6 nitrogen and oxygen atoms in total. The van der Waals surface area contributed by atoms with E-state index in [1.165, 1.54) is 0 Å². The van der Waals surface area contributed by atoms with E-state index in [4.69, 9.17) is 14.8 Å². The number of aromatic nitrogens is 1. The van der Waals surface area contributed by atoms with E-state index in [9.17, 15) is 4.79 Å². The summed E-state index contributed by atoms with van der Waals surface area (Å²) in [7, 11) is 3.58. The molecule has 27 heavy (non-hydrogen) atoms. The van der Waals surface area contributed by atoms with Gasteiger partial charge in [-0.2, -0.15) is 0 Å². The van der Waals surface area contributed by atoms with Crippen LogP contribution in [0.1, 0.15) is 25.0 Å². The Kier molecular flexibility index (Phi) is 6.82. The van der Waals surface area contributed by atoms with Gasteiger partial charge in [0.05, 0.1) is 19.3 Å². The first-order valence-electron chi connectivity index (χ1n) is 9.28. The molecule has 3 rings (SSSR count). The van der Waals surface area contributed by atoms with Gasteiger partial charge >= 0.3 is 5.97 Å². The van der Waals surface area contributed by atoms with Gasteiger partial charge in [0.25, 0.3) is 0 Å². The fourth-order valence-electron chi connectivity index (χ4n) is 3.55. The maximum Gasteiger partial charge on any atom is 0.317 e. The minimum Gasteiger partial charge on any atom is -0.497 e. The van der Waals surface area contributed by atoms with Crippen molar-refractivity contribution in [2.75, 3.05) is 33.8 Å². The standard InChI is InChI=1S/C20H27N3O3S/c1-22(13-19(24)25)17-4-3-10-23(11-9-17)12-16-14-27-20(21-16)15-5-7-18(26-2)8-6-15/h5-8,14,17H,3-4,9-13H2,1-2H3,(H,24,25). The van der Waals surface area contributed by atoms with Gasteiger partial charge in [-0.15, -0.1) is 11.3 Å². The molecule has 1 unspecified atom stereocenters. The third-order valence-corrected chi connectivity index (χ3v) is 6.01. The zero-order valence-electron chi connectivity index (χ0n) is 15.9. The Balaban J connectivity index is 1.56. The largest absolute Gasteiger partial charge is 0.497 e. The first kappa shape index (κ1) is 19.8. The van der Waals surface area contributed by atoms with Crippen molar-refractivity contribution in [3.63, 3.8) is 0 Å². The summed E-state index contributed by atoms with van der Waals surface area (Å²) in [6.07, 6.45) is 3.14. The third kappa shape index (κ3) is 5.51. The van der Waals surface area contributed by atoms with Gasteiger partial charge < -0.3 is 9.84 Å². The lowest BCUT2D eigenvalue weighted by atomic mass is 10.1. The maximum atomic E-state index is 10.9.